The van der Waals surface area contributed by atoms with E-state index >= 15 is 0 Å². The lowest BCUT2D eigenvalue weighted by molar-refractivity contribution is 0.0929. The van der Waals surface area contributed by atoms with E-state index in [-0.39, 0.29) is 5.76 Å². The van der Waals surface area contributed by atoms with Gasteiger partial charge in [-0.15, -0.1) is 0 Å². The monoisotopic (exact) mass is 450 g/mol. The van der Waals surface area contributed by atoms with Gasteiger partial charge >= 0.3 is 5.91 Å². The topological polar surface area (TPSA) is 63.8 Å². The van der Waals surface area contributed by atoms with Crippen LogP contribution in [0, 0.1) is 0 Å². The Balaban J connectivity index is 1.76. The first kappa shape index (κ1) is 16.7. The van der Waals surface area contributed by atoms with Crippen LogP contribution in [-0.4, -0.2) is 19.2 Å². The minimum Gasteiger partial charge on any atom is -0.496 e. The highest BCUT2D eigenvalue weighted by atomic mass is 79.9. The molecule has 1 amide bonds. The summed E-state index contributed by atoms with van der Waals surface area (Å²) in [6.45, 7) is 0. The lowest BCUT2D eigenvalue weighted by Crippen LogP contribution is -2.16. The number of hydrogen-bond donors (Lipinski definition) is 1. The van der Waals surface area contributed by atoms with Gasteiger partial charge in [0.15, 0.2) is 5.76 Å². The zero-order valence-electron chi connectivity index (χ0n) is 12.5. The number of hydrogen-bond acceptors (Lipinski definition) is 4. The minimum atomic E-state index is -0.424. The first-order chi connectivity index (χ1) is 11.6. The van der Waals surface area contributed by atoms with Crippen LogP contribution in [0.2, 0.25) is 0 Å². The van der Waals surface area contributed by atoms with Crippen molar-refractivity contribution in [2.24, 2.45) is 5.10 Å². The number of carbonyl (C=O) groups excluding carboxylic acids is 1. The third-order valence-electron chi connectivity index (χ3n) is 3.26. The summed E-state index contributed by atoms with van der Waals surface area (Å²) >= 11 is 6.77. The molecule has 0 aliphatic heterocycles. The van der Waals surface area contributed by atoms with Crippen LogP contribution in [0.15, 0.2) is 60.9 Å². The van der Waals surface area contributed by atoms with Crippen molar-refractivity contribution in [3.05, 3.63) is 62.7 Å². The van der Waals surface area contributed by atoms with Gasteiger partial charge in [-0.1, -0.05) is 31.9 Å². The van der Waals surface area contributed by atoms with Gasteiger partial charge in [0, 0.05) is 19.9 Å². The van der Waals surface area contributed by atoms with E-state index in [0.717, 1.165) is 19.9 Å². The van der Waals surface area contributed by atoms with Gasteiger partial charge in [0.25, 0.3) is 0 Å². The predicted molar refractivity (Wildman–Crippen MR) is 99.7 cm³/mol. The van der Waals surface area contributed by atoms with Crippen molar-refractivity contribution in [3.8, 4) is 5.75 Å². The van der Waals surface area contributed by atoms with Crippen LogP contribution in [0.25, 0.3) is 11.0 Å². The SMILES string of the molecule is COc1ccc(Br)cc1/C=N/NC(=O)c1cc2cc(Br)ccc2o1. The predicted octanol–water partition coefficient (Wildman–Crippen LogP) is 4.73. The van der Waals surface area contributed by atoms with E-state index in [1.54, 1.807) is 19.2 Å². The highest BCUT2D eigenvalue weighted by Gasteiger charge is 2.11. The summed E-state index contributed by atoms with van der Waals surface area (Å²) in [5.74, 6) is 0.429. The second kappa shape index (κ2) is 7.19. The summed E-state index contributed by atoms with van der Waals surface area (Å²) in [7, 11) is 1.58. The maximum Gasteiger partial charge on any atom is 0.307 e. The van der Waals surface area contributed by atoms with Crippen molar-refractivity contribution in [1.29, 1.82) is 0 Å². The van der Waals surface area contributed by atoms with Crippen molar-refractivity contribution in [2.45, 2.75) is 0 Å². The maximum absolute atomic E-state index is 12.1. The Kier molecular flexibility index (Phi) is 5.01. The number of methoxy groups -OCH3 is 1. The molecule has 0 spiro atoms. The van der Waals surface area contributed by atoms with E-state index < -0.39 is 5.91 Å². The molecular formula is C17H12Br2N2O3. The zero-order chi connectivity index (χ0) is 17.1. The Hall–Kier alpha value is -2.12. The molecule has 0 saturated carbocycles. The number of rotatable bonds is 4. The first-order valence-electron chi connectivity index (χ1n) is 6.93. The second-order valence-corrected chi connectivity index (χ2v) is 6.71. The lowest BCUT2D eigenvalue weighted by Gasteiger charge is -2.04. The molecule has 3 aromatic rings. The average Bonchev–Trinajstić information content (AvgIpc) is 2.98. The van der Waals surface area contributed by atoms with Crippen LogP contribution in [0.3, 0.4) is 0 Å². The molecule has 1 N–H and O–H groups in total. The largest absolute Gasteiger partial charge is 0.496 e. The summed E-state index contributed by atoms with van der Waals surface area (Å²) in [5, 5.41) is 4.80. The van der Waals surface area contributed by atoms with Crippen LogP contribution in [0.4, 0.5) is 0 Å². The molecule has 3 rings (SSSR count). The van der Waals surface area contributed by atoms with Crippen molar-refractivity contribution >= 4 is 55.0 Å². The highest BCUT2D eigenvalue weighted by molar-refractivity contribution is 9.10. The van der Waals surface area contributed by atoms with Crippen LogP contribution >= 0.6 is 31.9 Å². The van der Waals surface area contributed by atoms with Crippen LogP contribution < -0.4 is 10.2 Å². The molecule has 0 aliphatic rings. The second-order valence-electron chi connectivity index (χ2n) is 4.88. The van der Waals surface area contributed by atoms with Crippen molar-refractivity contribution in [1.82, 2.24) is 5.43 Å². The Bertz CT molecular complexity index is 935. The fraction of sp³-hybridized carbons (Fsp3) is 0.0588. The maximum atomic E-state index is 12.1. The number of amides is 1. The Morgan fingerprint density at radius 3 is 2.71 bits per heavy atom. The number of nitrogens with one attached hydrogen (secondary N) is 1. The Labute approximate surface area is 154 Å². The number of nitrogens with zero attached hydrogens (tertiary/aromatic N) is 1. The average molecular weight is 452 g/mol. The number of furan rings is 1. The molecule has 0 unspecified atom stereocenters. The molecule has 24 heavy (non-hydrogen) atoms. The fourth-order valence-corrected chi connectivity index (χ4v) is 2.91. The highest BCUT2D eigenvalue weighted by Crippen LogP contribution is 2.23. The standard InChI is InChI=1S/C17H12Br2N2O3/c1-23-14-4-2-13(19)7-11(14)9-20-21-17(22)16-8-10-6-12(18)3-5-15(10)24-16/h2-9H,1H3,(H,21,22)/b20-9+. The van der Waals surface area contributed by atoms with Gasteiger partial charge in [-0.05, 0) is 42.5 Å². The molecule has 2 aromatic carbocycles. The van der Waals surface area contributed by atoms with Crippen LogP contribution in [-0.2, 0) is 0 Å². The van der Waals surface area contributed by atoms with Crippen molar-refractivity contribution < 1.29 is 13.9 Å². The molecular weight excluding hydrogens is 440 g/mol. The Morgan fingerprint density at radius 1 is 1.17 bits per heavy atom. The molecule has 0 atom stereocenters. The summed E-state index contributed by atoms with van der Waals surface area (Å²) in [6.07, 6.45) is 1.51. The van der Waals surface area contributed by atoms with Gasteiger partial charge < -0.3 is 9.15 Å². The van der Waals surface area contributed by atoms with Gasteiger partial charge in [0.1, 0.15) is 11.3 Å². The third-order valence-corrected chi connectivity index (χ3v) is 4.25. The van der Waals surface area contributed by atoms with Gasteiger partial charge in [0.2, 0.25) is 0 Å². The number of ether oxygens (including phenoxy) is 1. The summed E-state index contributed by atoms with van der Waals surface area (Å²) in [4.78, 5) is 12.1. The number of benzene rings is 2. The molecule has 0 fully saturated rings. The zero-order valence-corrected chi connectivity index (χ0v) is 15.7. The molecule has 122 valence electrons. The van der Waals surface area contributed by atoms with E-state index in [9.17, 15) is 4.79 Å². The minimum absolute atomic E-state index is 0.196. The molecule has 1 heterocycles. The number of fused-ring (bicyclic) bond motifs is 1. The Morgan fingerprint density at radius 2 is 1.92 bits per heavy atom. The van der Waals surface area contributed by atoms with Gasteiger partial charge in [0.05, 0.1) is 13.3 Å². The summed E-state index contributed by atoms with van der Waals surface area (Å²) in [5.41, 5.74) is 3.82. The summed E-state index contributed by atoms with van der Waals surface area (Å²) < 4.78 is 12.6. The molecule has 1 aromatic heterocycles. The fourth-order valence-electron chi connectivity index (χ4n) is 2.15. The smallest absolute Gasteiger partial charge is 0.307 e. The van der Waals surface area contributed by atoms with E-state index in [1.165, 1.54) is 6.21 Å². The van der Waals surface area contributed by atoms with E-state index in [2.05, 4.69) is 42.4 Å². The van der Waals surface area contributed by atoms with E-state index in [0.29, 0.717) is 11.3 Å². The number of hydrazone groups is 1. The molecule has 5 nitrogen and oxygen atoms in total. The van der Waals surface area contributed by atoms with Gasteiger partial charge in [-0.25, -0.2) is 5.43 Å². The normalized spacial score (nSPS) is 11.1. The molecule has 0 radical (unpaired) electrons. The van der Waals surface area contributed by atoms with Gasteiger partial charge in [-0.2, -0.15) is 5.10 Å². The number of carbonyl (C=O) groups is 1. The molecule has 0 saturated heterocycles. The first-order valence-corrected chi connectivity index (χ1v) is 8.51. The van der Waals surface area contributed by atoms with E-state index in [4.69, 9.17) is 9.15 Å². The number of halogens is 2. The van der Waals surface area contributed by atoms with Crippen molar-refractivity contribution in [3.63, 3.8) is 0 Å². The van der Waals surface area contributed by atoms with E-state index in [1.807, 2.05) is 30.3 Å². The van der Waals surface area contributed by atoms with Crippen LogP contribution in [0.5, 0.6) is 5.75 Å². The molecule has 0 aliphatic carbocycles. The van der Waals surface area contributed by atoms with Crippen LogP contribution in [0.1, 0.15) is 16.1 Å². The third kappa shape index (κ3) is 3.68. The van der Waals surface area contributed by atoms with Gasteiger partial charge in [-0.3, -0.25) is 4.79 Å². The molecule has 7 heteroatoms. The molecule has 0 bridgehead atoms. The van der Waals surface area contributed by atoms with Crippen molar-refractivity contribution in [2.75, 3.05) is 7.11 Å². The summed E-state index contributed by atoms with van der Waals surface area (Å²) in [6, 6.07) is 12.7. The quantitative estimate of drug-likeness (QED) is 0.460. The lowest BCUT2D eigenvalue weighted by atomic mass is 10.2.